The molecule has 204 valence electrons. The molecule has 2 N–H and O–H groups in total. The van der Waals surface area contributed by atoms with Crippen LogP contribution < -0.4 is 14.5 Å². The summed E-state index contributed by atoms with van der Waals surface area (Å²) < 4.78 is 53.0. The van der Waals surface area contributed by atoms with Crippen LogP contribution in [-0.2, 0) is 20.0 Å². The van der Waals surface area contributed by atoms with E-state index in [2.05, 4.69) is 5.32 Å². The lowest BCUT2D eigenvalue weighted by Crippen LogP contribution is -2.48. The minimum absolute atomic E-state index is 0.133. The smallest absolute Gasteiger partial charge is 0.243 e. The van der Waals surface area contributed by atoms with Gasteiger partial charge in [0.05, 0.1) is 16.8 Å². The van der Waals surface area contributed by atoms with Gasteiger partial charge in [-0.3, -0.25) is 4.31 Å². The molecule has 38 heavy (non-hydrogen) atoms. The van der Waals surface area contributed by atoms with Crippen LogP contribution in [0, 0.1) is 0 Å². The molecule has 1 aliphatic heterocycles. The monoisotopic (exact) mass is 598 g/mol. The number of anilines is 3. The van der Waals surface area contributed by atoms with Crippen molar-refractivity contribution >= 4 is 60.3 Å². The maximum Gasteiger partial charge on any atom is 0.243 e. The van der Waals surface area contributed by atoms with E-state index in [-0.39, 0.29) is 4.90 Å². The first kappa shape index (κ1) is 28.5. The van der Waals surface area contributed by atoms with E-state index in [1.165, 1.54) is 23.5 Å². The highest BCUT2D eigenvalue weighted by atomic mass is 35.5. The fourth-order valence-electron chi connectivity index (χ4n) is 4.20. The van der Waals surface area contributed by atoms with Crippen LogP contribution in [0.2, 0.25) is 10.0 Å². The molecule has 0 bridgehead atoms. The summed E-state index contributed by atoms with van der Waals surface area (Å²) >= 11 is 12.2. The van der Waals surface area contributed by atoms with Crippen LogP contribution >= 0.6 is 23.2 Å². The lowest BCUT2D eigenvalue weighted by atomic mass is 10.1. The second kappa shape index (κ2) is 11.3. The summed E-state index contributed by atoms with van der Waals surface area (Å²) in [5, 5.41) is 14.7. The molecule has 1 saturated heterocycles. The minimum atomic E-state index is -3.72. The van der Waals surface area contributed by atoms with Gasteiger partial charge in [0.2, 0.25) is 20.0 Å². The van der Waals surface area contributed by atoms with Crippen molar-refractivity contribution in [2.75, 3.05) is 54.0 Å². The lowest BCUT2D eigenvalue weighted by molar-refractivity contribution is 0.209. The summed E-state index contributed by atoms with van der Waals surface area (Å²) in [6, 6.07) is 17.9. The van der Waals surface area contributed by atoms with E-state index in [0.29, 0.717) is 53.2 Å². The number of aliphatic hydroxyl groups is 1. The maximum absolute atomic E-state index is 13.2. The third-order valence-corrected chi connectivity index (χ3v) is 9.86. The topological polar surface area (TPSA) is 110 Å². The predicted molar refractivity (Wildman–Crippen MR) is 152 cm³/mol. The molecular formula is C25H28Cl2N4O5S2. The van der Waals surface area contributed by atoms with Gasteiger partial charge >= 0.3 is 0 Å². The first-order valence-electron chi connectivity index (χ1n) is 11.6. The van der Waals surface area contributed by atoms with Gasteiger partial charge in [0.25, 0.3) is 0 Å². The van der Waals surface area contributed by atoms with Gasteiger partial charge in [-0.05, 0) is 48.5 Å². The Kier molecular flexibility index (Phi) is 8.46. The molecule has 1 unspecified atom stereocenters. The highest BCUT2D eigenvalue weighted by molar-refractivity contribution is 7.92. The second-order valence-corrected chi connectivity index (χ2v) is 13.7. The summed E-state index contributed by atoms with van der Waals surface area (Å²) in [6.07, 6.45) is -0.152. The average molecular weight is 600 g/mol. The van der Waals surface area contributed by atoms with Gasteiger partial charge in [0.15, 0.2) is 6.23 Å². The third kappa shape index (κ3) is 6.36. The Morgan fingerprint density at radius 3 is 2.05 bits per heavy atom. The Morgan fingerprint density at radius 2 is 1.47 bits per heavy atom. The summed E-state index contributed by atoms with van der Waals surface area (Å²) in [5.74, 6) is 0. The number of piperazine rings is 1. The highest BCUT2D eigenvalue weighted by Gasteiger charge is 2.29. The quantitative estimate of drug-likeness (QED) is 0.377. The number of para-hydroxylation sites is 1. The van der Waals surface area contributed by atoms with Crippen molar-refractivity contribution in [3.63, 3.8) is 0 Å². The molecule has 3 aromatic rings. The average Bonchev–Trinajstić information content (AvgIpc) is 2.87. The van der Waals surface area contributed by atoms with Crippen molar-refractivity contribution in [2.45, 2.75) is 11.1 Å². The summed E-state index contributed by atoms with van der Waals surface area (Å²) in [6.45, 7) is 1.58. The van der Waals surface area contributed by atoms with Crippen molar-refractivity contribution in [1.29, 1.82) is 0 Å². The number of nitrogens with zero attached hydrogens (tertiary/aromatic N) is 3. The Hall–Kier alpha value is -2.54. The molecule has 0 radical (unpaired) electrons. The second-order valence-electron chi connectivity index (χ2n) is 8.88. The molecule has 4 rings (SSSR count). The molecule has 1 fully saturated rings. The van der Waals surface area contributed by atoms with E-state index >= 15 is 0 Å². The summed E-state index contributed by atoms with van der Waals surface area (Å²) in [4.78, 5) is 2.17. The van der Waals surface area contributed by atoms with Crippen LogP contribution in [-0.4, -0.2) is 65.7 Å². The molecule has 1 heterocycles. The molecule has 0 amide bonds. The molecule has 1 aliphatic rings. The molecule has 1 atom stereocenters. The zero-order valence-electron chi connectivity index (χ0n) is 20.8. The normalized spacial score (nSPS) is 15.8. The van der Waals surface area contributed by atoms with Crippen molar-refractivity contribution in [2.24, 2.45) is 0 Å². The van der Waals surface area contributed by atoms with Crippen molar-refractivity contribution in [3.8, 4) is 0 Å². The largest absolute Gasteiger partial charge is 0.369 e. The zero-order chi connectivity index (χ0) is 27.7. The molecule has 3 aromatic carbocycles. The van der Waals surface area contributed by atoms with E-state index in [0.717, 1.165) is 16.2 Å². The number of hydrogen-bond acceptors (Lipinski definition) is 7. The maximum atomic E-state index is 13.2. The van der Waals surface area contributed by atoms with Crippen LogP contribution in [0.1, 0.15) is 11.8 Å². The number of benzene rings is 3. The summed E-state index contributed by atoms with van der Waals surface area (Å²) in [7, 11) is -5.85. The molecule has 9 nitrogen and oxygen atoms in total. The van der Waals surface area contributed by atoms with Gasteiger partial charge in [-0.15, -0.1) is 0 Å². The predicted octanol–water partition coefficient (Wildman–Crippen LogP) is 4.00. The highest BCUT2D eigenvalue weighted by Crippen LogP contribution is 2.30. The van der Waals surface area contributed by atoms with E-state index in [4.69, 9.17) is 23.2 Å². The molecule has 0 spiro atoms. The number of sulfonamides is 2. The number of hydrogen-bond donors (Lipinski definition) is 2. The molecule has 0 aliphatic carbocycles. The van der Waals surface area contributed by atoms with Gasteiger partial charge in [0.1, 0.15) is 0 Å². The van der Waals surface area contributed by atoms with Crippen molar-refractivity contribution in [1.82, 2.24) is 4.31 Å². The molecular weight excluding hydrogens is 571 g/mol. The Morgan fingerprint density at radius 1 is 0.895 bits per heavy atom. The van der Waals surface area contributed by atoms with Crippen LogP contribution in [0.4, 0.5) is 17.1 Å². The van der Waals surface area contributed by atoms with Crippen LogP contribution in [0.25, 0.3) is 0 Å². The standard InChI is InChI=1S/C25H28Cl2N4O5S2/c1-29(37(2,33)34)24-6-4-3-5-23(24)25(32)28-20-7-9-22(10-8-20)38(35,36)31-13-11-30(12-14-31)21-16-18(26)15-19(27)17-21/h3-10,15-17,25,28,32H,11-14H2,1-2H3. The van der Waals surface area contributed by atoms with Gasteiger partial charge in [0, 0.05) is 60.2 Å². The molecule has 0 aromatic heterocycles. The number of aliphatic hydroxyl groups excluding tert-OH is 1. The van der Waals surface area contributed by atoms with E-state index < -0.39 is 26.3 Å². The van der Waals surface area contributed by atoms with Gasteiger partial charge in [-0.1, -0.05) is 41.4 Å². The van der Waals surface area contributed by atoms with Crippen molar-refractivity contribution < 1.29 is 21.9 Å². The lowest BCUT2D eigenvalue weighted by Gasteiger charge is -2.35. The Labute approximate surface area is 233 Å². The van der Waals surface area contributed by atoms with Crippen molar-refractivity contribution in [3.05, 3.63) is 82.3 Å². The number of rotatable bonds is 8. The van der Waals surface area contributed by atoms with Gasteiger partial charge in [-0.2, -0.15) is 4.31 Å². The van der Waals surface area contributed by atoms with Crippen LogP contribution in [0.15, 0.2) is 71.6 Å². The number of halogens is 2. The zero-order valence-corrected chi connectivity index (χ0v) is 23.9. The van der Waals surface area contributed by atoms with Gasteiger partial charge < -0.3 is 15.3 Å². The summed E-state index contributed by atoms with van der Waals surface area (Å²) in [5.41, 5.74) is 2.00. The van der Waals surface area contributed by atoms with E-state index in [1.807, 2.05) is 4.90 Å². The molecule has 0 saturated carbocycles. The van der Waals surface area contributed by atoms with Crippen LogP contribution in [0.3, 0.4) is 0 Å². The van der Waals surface area contributed by atoms with E-state index in [1.54, 1.807) is 54.6 Å². The third-order valence-electron chi connectivity index (χ3n) is 6.31. The Balaban J connectivity index is 1.43. The van der Waals surface area contributed by atoms with E-state index in [9.17, 15) is 21.9 Å². The number of nitrogens with one attached hydrogen (secondary N) is 1. The first-order chi connectivity index (χ1) is 17.9. The van der Waals surface area contributed by atoms with Gasteiger partial charge in [-0.25, -0.2) is 16.8 Å². The Bertz CT molecular complexity index is 1490. The SMILES string of the molecule is CN(c1ccccc1C(O)Nc1ccc(S(=O)(=O)N2CCN(c3cc(Cl)cc(Cl)c3)CC2)cc1)S(C)(=O)=O. The molecule has 13 heteroatoms. The fraction of sp³-hybridized carbons (Fsp3) is 0.280. The first-order valence-corrected chi connectivity index (χ1v) is 15.7. The van der Waals surface area contributed by atoms with Crippen LogP contribution in [0.5, 0.6) is 0 Å². The minimum Gasteiger partial charge on any atom is -0.369 e. The fourth-order valence-corrected chi connectivity index (χ4v) is 6.66.